The Morgan fingerprint density at radius 1 is 0.882 bits per heavy atom. The highest BCUT2D eigenvalue weighted by molar-refractivity contribution is 7.92. The van der Waals surface area contributed by atoms with Gasteiger partial charge in [-0.1, -0.05) is 48.5 Å². The zero-order chi connectivity index (χ0) is 24.0. The van der Waals surface area contributed by atoms with Crippen LogP contribution in [-0.2, 0) is 32.4 Å². The molecule has 7 heteroatoms. The first-order chi connectivity index (χ1) is 16.3. The number of carbonyl (C=O) groups is 1. The topological polar surface area (TPSA) is 81.7 Å². The van der Waals surface area contributed by atoms with Crippen molar-refractivity contribution in [2.24, 2.45) is 0 Å². The van der Waals surface area contributed by atoms with E-state index < -0.39 is 10.0 Å². The van der Waals surface area contributed by atoms with E-state index in [4.69, 9.17) is 9.47 Å². The normalized spacial score (nSPS) is 14.6. The molecule has 1 fully saturated rings. The molecule has 0 radical (unpaired) electrons. The highest BCUT2D eigenvalue weighted by Crippen LogP contribution is 2.38. The molecule has 4 rings (SSSR count). The third-order valence-electron chi connectivity index (χ3n) is 6.15. The number of hydrogen-bond donors (Lipinski definition) is 1. The van der Waals surface area contributed by atoms with Crippen LogP contribution in [0.3, 0.4) is 0 Å². The van der Waals surface area contributed by atoms with Crippen molar-refractivity contribution in [3.63, 3.8) is 0 Å². The van der Waals surface area contributed by atoms with E-state index in [1.54, 1.807) is 12.1 Å². The molecule has 0 atom stereocenters. The average Bonchev–Trinajstić information content (AvgIpc) is 2.79. The zero-order valence-electron chi connectivity index (χ0n) is 19.2. The quantitative estimate of drug-likeness (QED) is 0.392. The van der Waals surface area contributed by atoms with E-state index in [2.05, 4.69) is 29.0 Å². The predicted octanol–water partition coefficient (Wildman–Crippen LogP) is 4.98. The van der Waals surface area contributed by atoms with Crippen LogP contribution in [0.2, 0.25) is 0 Å². The molecule has 34 heavy (non-hydrogen) atoms. The Kier molecular flexibility index (Phi) is 7.22. The summed E-state index contributed by atoms with van der Waals surface area (Å²) in [6.07, 6.45) is 5.62. The van der Waals surface area contributed by atoms with Gasteiger partial charge in [0.2, 0.25) is 10.0 Å². The summed E-state index contributed by atoms with van der Waals surface area (Å²) in [4.78, 5) is 10.8. The predicted molar refractivity (Wildman–Crippen MR) is 133 cm³/mol. The van der Waals surface area contributed by atoms with E-state index in [1.165, 1.54) is 5.56 Å². The molecule has 0 saturated heterocycles. The van der Waals surface area contributed by atoms with Crippen LogP contribution in [0.1, 0.15) is 30.4 Å². The fourth-order valence-electron chi connectivity index (χ4n) is 4.18. The number of rotatable bonds is 11. The van der Waals surface area contributed by atoms with Gasteiger partial charge in [0.05, 0.1) is 12.9 Å². The minimum Gasteiger partial charge on any atom is -0.493 e. The average molecular weight is 480 g/mol. The van der Waals surface area contributed by atoms with Crippen LogP contribution in [-0.4, -0.2) is 33.4 Å². The van der Waals surface area contributed by atoms with Crippen molar-refractivity contribution in [1.29, 1.82) is 0 Å². The number of carbonyl (C=O) groups excluding carboxylic acids is 1. The Morgan fingerprint density at radius 3 is 2.00 bits per heavy atom. The van der Waals surface area contributed by atoms with Gasteiger partial charge in [0, 0.05) is 18.5 Å². The number of ether oxygens (including phenoxy) is 2. The smallest absolute Gasteiger partial charge is 0.293 e. The maximum atomic E-state index is 11.3. The molecule has 3 aromatic carbocycles. The number of nitrogens with one attached hydrogen (secondary N) is 1. The Balaban J connectivity index is 1.26. The van der Waals surface area contributed by atoms with Gasteiger partial charge in [-0.3, -0.25) is 9.52 Å². The molecule has 0 bridgehead atoms. The minimum atomic E-state index is -3.28. The second kappa shape index (κ2) is 10.3. The summed E-state index contributed by atoms with van der Waals surface area (Å²) in [5.74, 6) is 0.821. The second-order valence-electron chi connectivity index (χ2n) is 8.82. The summed E-state index contributed by atoms with van der Waals surface area (Å²) in [6, 6.07) is 23.6. The molecule has 0 heterocycles. The van der Waals surface area contributed by atoms with Gasteiger partial charge in [-0.25, -0.2) is 8.42 Å². The van der Waals surface area contributed by atoms with Crippen LogP contribution in [0, 0.1) is 0 Å². The third-order valence-corrected chi connectivity index (χ3v) is 6.75. The summed E-state index contributed by atoms with van der Waals surface area (Å²) in [5.41, 5.74) is 4.63. The van der Waals surface area contributed by atoms with Gasteiger partial charge < -0.3 is 9.47 Å². The lowest BCUT2D eigenvalue weighted by atomic mass is 9.76. The Bertz CT molecular complexity index is 1200. The molecule has 3 aromatic rings. The van der Waals surface area contributed by atoms with Gasteiger partial charge in [-0.2, -0.15) is 0 Å². The first kappa shape index (κ1) is 23.8. The van der Waals surface area contributed by atoms with Crippen molar-refractivity contribution in [3.8, 4) is 16.9 Å². The van der Waals surface area contributed by atoms with E-state index in [9.17, 15) is 13.2 Å². The zero-order valence-corrected chi connectivity index (χ0v) is 20.0. The summed E-state index contributed by atoms with van der Waals surface area (Å²) < 4.78 is 36.4. The molecule has 0 aliphatic heterocycles. The molecule has 1 N–H and O–H groups in total. The van der Waals surface area contributed by atoms with Crippen molar-refractivity contribution in [2.75, 3.05) is 17.6 Å². The van der Waals surface area contributed by atoms with Gasteiger partial charge in [0.1, 0.15) is 11.4 Å². The first-order valence-electron chi connectivity index (χ1n) is 11.3. The Labute approximate surface area is 201 Å². The highest BCUT2D eigenvalue weighted by Gasteiger charge is 2.39. The van der Waals surface area contributed by atoms with Crippen molar-refractivity contribution < 1.29 is 22.7 Å². The number of benzene rings is 3. The van der Waals surface area contributed by atoms with Crippen LogP contribution in [0.25, 0.3) is 11.1 Å². The van der Waals surface area contributed by atoms with Gasteiger partial charge in [-0.05, 0) is 65.8 Å². The summed E-state index contributed by atoms with van der Waals surface area (Å²) in [7, 11) is -3.28. The number of hydrogen-bond acceptors (Lipinski definition) is 5. The molecular formula is C27H29NO5S. The lowest BCUT2D eigenvalue weighted by Gasteiger charge is -2.39. The molecule has 6 nitrogen and oxygen atoms in total. The van der Waals surface area contributed by atoms with Crippen LogP contribution in [0.4, 0.5) is 5.69 Å². The molecule has 1 aliphatic rings. The van der Waals surface area contributed by atoms with Crippen LogP contribution >= 0.6 is 0 Å². The standard InChI is InChI=1S/C27H29NO5S/c1-34(30,31)28-25-11-9-24(10-12-25)23-7-3-21(4-8-23)15-18-32-26-13-5-22(6-14-26)19-27(33-20-29)16-2-17-27/h3-14,20,28H,2,15-19H2,1H3. The SMILES string of the molecule is CS(=O)(=O)Nc1ccc(-c2ccc(CCOc3ccc(CC4(OC=O)CCC4)cc3)cc2)cc1. The summed E-state index contributed by atoms with van der Waals surface area (Å²) >= 11 is 0. The highest BCUT2D eigenvalue weighted by atomic mass is 32.2. The number of anilines is 1. The first-order valence-corrected chi connectivity index (χ1v) is 13.2. The van der Waals surface area contributed by atoms with Crippen LogP contribution in [0.5, 0.6) is 5.75 Å². The van der Waals surface area contributed by atoms with Crippen LogP contribution in [0.15, 0.2) is 72.8 Å². The van der Waals surface area contributed by atoms with E-state index in [-0.39, 0.29) is 5.60 Å². The molecule has 0 unspecified atom stereocenters. The van der Waals surface area contributed by atoms with Gasteiger partial charge in [0.25, 0.3) is 6.47 Å². The van der Waals surface area contributed by atoms with E-state index in [1.807, 2.05) is 36.4 Å². The van der Waals surface area contributed by atoms with Gasteiger partial charge in [0.15, 0.2) is 0 Å². The van der Waals surface area contributed by atoms with Crippen molar-refractivity contribution in [3.05, 3.63) is 83.9 Å². The molecule has 0 aromatic heterocycles. The van der Waals surface area contributed by atoms with Crippen molar-refractivity contribution in [2.45, 2.75) is 37.7 Å². The van der Waals surface area contributed by atoms with E-state index in [0.717, 1.165) is 60.8 Å². The van der Waals surface area contributed by atoms with E-state index in [0.29, 0.717) is 18.8 Å². The van der Waals surface area contributed by atoms with Gasteiger partial charge >= 0.3 is 0 Å². The third kappa shape index (κ3) is 6.38. The van der Waals surface area contributed by atoms with Crippen molar-refractivity contribution >= 4 is 22.2 Å². The molecular weight excluding hydrogens is 450 g/mol. The largest absolute Gasteiger partial charge is 0.493 e. The lowest BCUT2D eigenvalue weighted by Crippen LogP contribution is -2.41. The molecule has 0 amide bonds. The maximum Gasteiger partial charge on any atom is 0.293 e. The molecule has 1 aliphatic carbocycles. The minimum absolute atomic E-state index is 0.314. The summed E-state index contributed by atoms with van der Waals surface area (Å²) in [6.45, 7) is 1.14. The van der Waals surface area contributed by atoms with Crippen molar-refractivity contribution in [1.82, 2.24) is 0 Å². The maximum absolute atomic E-state index is 11.3. The molecule has 178 valence electrons. The number of sulfonamides is 1. The fraction of sp³-hybridized carbons (Fsp3) is 0.296. The Morgan fingerprint density at radius 2 is 1.47 bits per heavy atom. The lowest BCUT2D eigenvalue weighted by molar-refractivity contribution is -0.152. The molecule has 0 spiro atoms. The fourth-order valence-corrected chi connectivity index (χ4v) is 4.74. The van der Waals surface area contributed by atoms with Gasteiger partial charge in [-0.15, -0.1) is 0 Å². The van der Waals surface area contributed by atoms with E-state index >= 15 is 0 Å². The second-order valence-corrected chi connectivity index (χ2v) is 10.6. The Hall–Kier alpha value is -3.32. The summed E-state index contributed by atoms with van der Waals surface area (Å²) in [5, 5.41) is 0. The monoisotopic (exact) mass is 479 g/mol. The van der Waals surface area contributed by atoms with Crippen LogP contribution < -0.4 is 9.46 Å². The molecule has 1 saturated carbocycles.